The van der Waals surface area contributed by atoms with Gasteiger partial charge in [0.2, 0.25) is 17.7 Å². The van der Waals surface area contributed by atoms with E-state index in [9.17, 15) is 23.6 Å². The number of carbonyl (C=O) groups is 4. The monoisotopic (exact) mass is 397 g/mol. The van der Waals surface area contributed by atoms with Crippen molar-refractivity contribution in [2.24, 2.45) is 0 Å². The smallest absolute Gasteiger partial charge is 0.260 e. The van der Waals surface area contributed by atoms with Crippen molar-refractivity contribution in [2.75, 3.05) is 25.5 Å². The lowest BCUT2D eigenvalue weighted by Crippen LogP contribution is -2.44. The molecular weight excluding hydrogens is 377 g/mol. The highest BCUT2D eigenvalue weighted by Gasteiger charge is 2.31. The van der Waals surface area contributed by atoms with Gasteiger partial charge in [-0.25, -0.2) is 4.39 Å². The van der Waals surface area contributed by atoms with Gasteiger partial charge in [0.1, 0.15) is 5.82 Å². The van der Waals surface area contributed by atoms with Crippen LogP contribution in [0.25, 0.3) is 0 Å². The largest absolute Gasteiger partial charge is 0.336 e. The van der Waals surface area contributed by atoms with Crippen LogP contribution in [0.1, 0.15) is 22.3 Å². The van der Waals surface area contributed by atoms with Gasteiger partial charge < -0.3 is 10.2 Å². The summed E-state index contributed by atoms with van der Waals surface area (Å²) < 4.78 is 13.2. The zero-order valence-corrected chi connectivity index (χ0v) is 15.9. The summed E-state index contributed by atoms with van der Waals surface area (Å²) in [6.45, 7) is -0.291. The van der Waals surface area contributed by atoms with Crippen LogP contribution in [0.15, 0.2) is 48.5 Å². The van der Waals surface area contributed by atoms with Crippen LogP contribution in [-0.2, 0) is 20.8 Å². The molecule has 0 unspecified atom stereocenters. The SMILES string of the molecule is CN(CC(=O)Nc1cccc(F)c1)C(=O)CCN1C(=O)Cc2ccccc2C1=O. The van der Waals surface area contributed by atoms with Gasteiger partial charge in [-0.05, 0) is 29.8 Å². The van der Waals surface area contributed by atoms with Crippen molar-refractivity contribution in [2.45, 2.75) is 12.8 Å². The Morgan fingerprint density at radius 2 is 1.90 bits per heavy atom. The van der Waals surface area contributed by atoms with Crippen molar-refractivity contribution in [1.82, 2.24) is 9.80 Å². The number of rotatable bonds is 6. The number of benzene rings is 2. The number of nitrogens with one attached hydrogen (secondary N) is 1. The van der Waals surface area contributed by atoms with Crippen molar-refractivity contribution in [1.29, 1.82) is 0 Å². The average molecular weight is 397 g/mol. The third-order valence-electron chi connectivity index (χ3n) is 4.60. The van der Waals surface area contributed by atoms with E-state index in [4.69, 9.17) is 0 Å². The normalized spacial score (nSPS) is 13.1. The summed E-state index contributed by atoms with van der Waals surface area (Å²) in [6, 6.07) is 12.3. The highest BCUT2D eigenvalue weighted by molar-refractivity contribution is 6.09. The van der Waals surface area contributed by atoms with Crippen LogP contribution in [0.4, 0.5) is 10.1 Å². The van der Waals surface area contributed by atoms with Crippen LogP contribution >= 0.6 is 0 Å². The number of amides is 4. The molecule has 1 heterocycles. The molecule has 3 rings (SSSR count). The Hall–Kier alpha value is -3.55. The van der Waals surface area contributed by atoms with Crippen molar-refractivity contribution >= 4 is 29.3 Å². The number of likely N-dealkylation sites (N-methyl/N-ethyl adjacent to an activating group) is 1. The van der Waals surface area contributed by atoms with E-state index in [-0.39, 0.29) is 37.7 Å². The molecule has 0 aliphatic carbocycles. The first kappa shape index (κ1) is 20.2. The zero-order valence-electron chi connectivity index (χ0n) is 15.9. The number of anilines is 1. The van der Waals surface area contributed by atoms with Crippen LogP contribution in [0, 0.1) is 5.82 Å². The minimum Gasteiger partial charge on any atom is -0.336 e. The number of nitrogens with zero attached hydrogens (tertiary/aromatic N) is 2. The first-order valence-electron chi connectivity index (χ1n) is 9.07. The van der Waals surface area contributed by atoms with Crippen LogP contribution in [-0.4, -0.2) is 53.6 Å². The number of halogens is 1. The Balaban J connectivity index is 1.53. The van der Waals surface area contributed by atoms with Crippen molar-refractivity contribution in [3.05, 3.63) is 65.5 Å². The topological polar surface area (TPSA) is 86.8 Å². The van der Waals surface area contributed by atoms with Gasteiger partial charge in [-0.2, -0.15) is 0 Å². The Labute approximate surface area is 167 Å². The van der Waals surface area contributed by atoms with Gasteiger partial charge in [0, 0.05) is 31.3 Å². The summed E-state index contributed by atoms with van der Waals surface area (Å²) in [5.74, 6) is -2.13. The van der Waals surface area contributed by atoms with Crippen LogP contribution < -0.4 is 5.32 Å². The maximum Gasteiger partial charge on any atom is 0.260 e. The summed E-state index contributed by atoms with van der Waals surface area (Å²) in [7, 11) is 1.45. The summed E-state index contributed by atoms with van der Waals surface area (Å²) in [5.41, 5.74) is 1.43. The molecule has 1 aliphatic heterocycles. The summed E-state index contributed by atoms with van der Waals surface area (Å²) in [4.78, 5) is 51.4. The maximum atomic E-state index is 13.2. The predicted molar refractivity (Wildman–Crippen MR) is 103 cm³/mol. The minimum absolute atomic E-state index is 0.0549. The number of imide groups is 1. The van der Waals surface area contributed by atoms with Crippen LogP contribution in [0.5, 0.6) is 0 Å². The van der Waals surface area contributed by atoms with Crippen molar-refractivity contribution in [3.8, 4) is 0 Å². The summed E-state index contributed by atoms with van der Waals surface area (Å²) in [6.07, 6.45) is 0.0192. The Morgan fingerprint density at radius 3 is 2.66 bits per heavy atom. The van der Waals surface area contributed by atoms with Gasteiger partial charge in [-0.15, -0.1) is 0 Å². The number of hydrogen-bond donors (Lipinski definition) is 1. The quantitative estimate of drug-likeness (QED) is 0.754. The molecule has 0 spiro atoms. The molecule has 0 radical (unpaired) electrons. The van der Waals surface area contributed by atoms with Crippen molar-refractivity contribution in [3.63, 3.8) is 0 Å². The molecule has 8 heteroatoms. The third-order valence-corrected chi connectivity index (χ3v) is 4.60. The van der Waals surface area contributed by atoms with Crippen LogP contribution in [0.3, 0.4) is 0 Å². The lowest BCUT2D eigenvalue weighted by molar-refractivity contribution is -0.134. The molecule has 0 saturated carbocycles. The fourth-order valence-corrected chi connectivity index (χ4v) is 3.09. The van der Waals surface area contributed by atoms with Gasteiger partial charge in [0.15, 0.2) is 0 Å². The molecule has 0 fully saturated rings. The standard InChI is InChI=1S/C21H20FN3O4/c1-24(13-18(26)23-16-7-4-6-15(22)12-16)19(27)9-10-25-20(28)11-14-5-2-3-8-17(14)21(25)29/h2-8,12H,9-11,13H2,1H3,(H,23,26). The molecule has 1 aliphatic rings. The fraction of sp³-hybridized carbons (Fsp3) is 0.238. The Bertz CT molecular complexity index is 976. The van der Waals surface area contributed by atoms with Crippen LogP contribution in [0.2, 0.25) is 0 Å². The van der Waals surface area contributed by atoms with E-state index >= 15 is 0 Å². The van der Waals surface area contributed by atoms with Gasteiger partial charge in [0.05, 0.1) is 13.0 Å². The maximum absolute atomic E-state index is 13.2. The average Bonchev–Trinajstić information content (AvgIpc) is 2.67. The second kappa shape index (κ2) is 8.64. The van der Waals surface area contributed by atoms with E-state index < -0.39 is 17.6 Å². The zero-order chi connectivity index (χ0) is 21.0. The van der Waals surface area contributed by atoms with E-state index in [1.54, 1.807) is 24.3 Å². The molecule has 0 aromatic heterocycles. The predicted octanol–water partition coefficient (Wildman–Crippen LogP) is 1.84. The Morgan fingerprint density at radius 1 is 1.14 bits per heavy atom. The molecule has 0 atom stereocenters. The van der Waals surface area contributed by atoms with Gasteiger partial charge in [-0.3, -0.25) is 24.1 Å². The fourth-order valence-electron chi connectivity index (χ4n) is 3.09. The minimum atomic E-state index is -0.482. The molecule has 0 bridgehead atoms. The first-order valence-corrected chi connectivity index (χ1v) is 9.07. The van der Waals surface area contributed by atoms with Gasteiger partial charge >= 0.3 is 0 Å². The molecule has 150 valence electrons. The molecule has 4 amide bonds. The molecule has 0 saturated heterocycles. The lowest BCUT2D eigenvalue weighted by Gasteiger charge is -2.27. The second-order valence-electron chi connectivity index (χ2n) is 6.74. The lowest BCUT2D eigenvalue weighted by atomic mass is 9.98. The Kier molecular flexibility index (Phi) is 6.01. The first-order chi connectivity index (χ1) is 13.8. The van der Waals surface area contributed by atoms with E-state index in [0.717, 1.165) is 4.90 Å². The molecule has 1 N–H and O–H groups in total. The van der Waals surface area contributed by atoms with E-state index in [1.165, 1.54) is 36.2 Å². The molecular formula is C21H20FN3O4. The van der Waals surface area contributed by atoms with Gasteiger partial charge in [0.25, 0.3) is 5.91 Å². The van der Waals surface area contributed by atoms with E-state index in [0.29, 0.717) is 16.8 Å². The van der Waals surface area contributed by atoms with E-state index in [2.05, 4.69) is 5.32 Å². The number of fused-ring (bicyclic) bond motifs is 1. The van der Waals surface area contributed by atoms with E-state index in [1.807, 2.05) is 0 Å². The highest BCUT2D eigenvalue weighted by Crippen LogP contribution is 2.19. The molecule has 2 aromatic carbocycles. The summed E-state index contributed by atoms with van der Waals surface area (Å²) in [5, 5.41) is 2.51. The third kappa shape index (κ3) is 4.84. The number of carbonyl (C=O) groups excluding carboxylic acids is 4. The number of hydrogen-bond acceptors (Lipinski definition) is 4. The molecule has 2 aromatic rings. The van der Waals surface area contributed by atoms with Crippen molar-refractivity contribution < 1.29 is 23.6 Å². The highest BCUT2D eigenvalue weighted by atomic mass is 19.1. The molecule has 29 heavy (non-hydrogen) atoms. The second-order valence-corrected chi connectivity index (χ2v) is 6.74. The summed E-state index contributed by atoms with van der Waals surface area (Å²) >= 11 is 0. The molecule has 7 nitrogen and oxygen atoms in total. The van der Waals surface area contributed by atoms with Gasteiger partial charge in [-0.1, -0.05) is 24.3 Å².